The van der Waals surface area contributed by atoms with Crippen LogP contribution in [0.4, 0.5) is 13.2 Å². The molecule has 0 spiro atoms. The van der Waals surface area contributed by atoms with Gasteiger partial charge in [0.15, 0.2) is 5.82 Å². The van der Waals surface area contributed by atoms with Crippen LogP contribution in [0.2, 0.25) is 0 Å². The molecule has 0 atom stereocenters. The highest BCUT2D eigenvalue weighted by Crippen LogP contribution is 2.33. The number of ether oxygens (including phenoxy) is 1. The summed E-state index contributed by atoms with van der Waals surface area (Å²) in [4.78, 5) is 18.6. The lowest BCUT2D eigenvalue weighted by atomic mass is 9.89. The Morgan fingerprint density at radius 1 is 1.07 bits per heavy atom. The summed E-state index contributed by atoms with van der Waals surface area (Å²) in [5.74, 6) is -0.265. The summed E-state index contributed by atoms with van der Waals surface area (Å²) < 4.78 is 47.0. The molecule has 4 aromatic rings. The van der Waals surface area contributed by atoms with E-state index < -0.39 is 29.8 Å². The standard InChI is InChI=1S/C32H33F3N4O3/c1-3-38-15-13-24(14-16-38)23-10-8-22(9-11-23)20-42-29-12-7-21(2)17-25(29)27-5-4-6-30(37-27)39-28(18-32(33,34)35)26(19-36-39)31(40)41/h4-12,17,19,24H,3,13-16,18,20H2,1-2H3,(H,40,41). The first kappa shape index (κ1) is 29.3. The molecule has 42 heavy (non-hydrogen) atoms. The number of aromatic carboxylic acids is 1. The zero-order valence-corrected chi connectivity index (χ0v) is 23.6. The summed E-state index contributed by atoms with van der Waals surface area (Å²) in [6, 6.07) is 19.1. The van der Waals surface area contributed by atoms with Crippen LogP contribution < -0.4 is 4.74 Å². The number of carboxylic acid groups (broad SMARTS) is 1. The Balaban J connectivity index is 1.37. The van der Waals surface area contributed by atoms with E-state index in [1.54, 1.807) is 12.1 Å². The number of halogens is 3. The van der Waals surface area contributed by atoms with Gasteiger partial charge in [0, 0.05) is 5.56 Å². The molecule has 2 aromatic heterocycles. The van der Waals surface area contributed by atoms with Crippen molar-refractivity contribution in [3.05, 3.63) is 94.8 Å². The van der Waals surface area contributed by atoms with Crippen molar-refractivity contribution < 1.29 is 27.8 Å². The van der Waals surface area contributed by atoms with Gasteiger partial charge in [0.25, 0.3) is 0 Å². The average molecular weight is 579 g/mol. The molecule has 0 unspecified atom stereocenters. The van der Waals surface area contributed by atoms with Gasteiger partial charge < -0.3 is 14.7 Å². The number of aromatic nitrogens is 3. The predicted octanol–water partition coefficient (Wildman–Crippen LogP) is 6.82. The normalized spacial score (nSPS) is 14.7. The molecular weight excluding hydrogens is 545 g/mol. The summed E-state index contributed by atoms with van der Waals surface area (Å²) in [5.41, 5.74) is 3.45. The Morgan fingerprint density at radius 2 is 1.81 bits per heavy atom. The van der Waals surface area contributed by atoms with Crippen molar-refractivity contribution in [3.63, 3.8) is 0 Å². The summed E-state index contributed by atoms with van der Waals surface area (Å²) in [6.07, 6.45) is -2.83. The molecule has 0 saturated carbocycles. The van der Waals surface area contributed by atoms with Crippen molar-refractivity contribution in [1.29, 1.82) is 0 Å². The van der Waals surface area contributed by atoms with Crippen LogP contribution >= 0.6 is 0 Å². The monoisotopic (exact) mass is 578 g/mol. The molecule has 0 amide bonds. The fraction of sp³-hybridized carbons (Fsp3) is 0.344. The molecule has 10 heteroatoms. The number of carbonyl (C=O) groups is 1. The van der Waals surface area contributed by atoms with Gasteiger partial charge in [-0.15, -0.1) is 0 Å². The van der Waals surface area contributed by atoms with Gasteiger partial charge in [-0.2, -0.15) is 18.3 Å². The molecule has 0 aliphatic carbocycles. The molecule has 1 saturated heterocycles. The van der Waals surface area contributed by atoms with Crippen LogP contribution in [-0.4, -0.2) is 56.6 Å². The first-order chi connectivity index (χ1) is 20.1. The third-order valence-corrected chi connectivity index (χ3v) is 7.71. The molecular formula is C32H33F3N4O3. The summed E-state index contributed by atoms with van der Waals surface area (Å²) in [7, 11) is 0. The highest BCUT2D eigenvalue weighted by molar-refractivity contribution is 5.88. The van der Waals surface area contributed by atoms with Gasteiger partial charge in [-0.25, -0.2) is 14.5 Å². The Labute approximate surface area is 242 Å². The fourth-order valence-electron chi connectivity index (χ4n) is 5.40. The minimum absolute atomic E-state index is 0.0760. The number of hydrogen-bond donors (Lipinski definition) is 1. The third kappa shape index (κ3) is 6.82. The maximum absolute atomic E-state index is 13.3. The lowest BCUT2D eigenvalue weighted by Crippen LogP contribution is -2.32. The van der Waals surface area contributed by atoms with Crippen molar-refractivity contribution in [2.24, 2.45) is 0 Å². The van der Waals surface area contributed by atoms with Gasteiger partial charge in [0.1, 0.15) is 17.9 Å². The van der Waals surface area contributed by atoms with E-state index in [2.05, 4.69) is 46.2 Å². The number of nitrogens with zero attached hydrogens (tertiary/aromatic N) is 4. The van der Waals surface area contributed by atoms with E-state index in [1.807, 2.05) is 25.1 Å². The molecule has 2 aromatic carbocycles. The summed E-state index contributed by atoms with van der Waals surface area (Å²) >= 11 is 0. The molecule has 220 valence electrons. The molecule has 1 aliphatic rings. The Hall–Kier alpha value is -4.18. The smallest absolute Gasteiger partial charge is 0.394 e. The van der Waals surface area contributed by atoms with Crippen LogP contribution in [0.3, 0.4) is 0 Å². The second-order valence-electron chi connectivity index (χ2n) is 10.6. The fourth-order valence-corrected chi connectivity index (χ4v) is 5.40. The summed E-state index contributed by atoms with van der Waals surface area (Å²) in [6.45, 7) is 7.81. The minimum Gasteiger partial charge on any atom is -0.488 e. The van der Waals surface area contributed by atoms with Gasteiger partial charge in [0.2, 0.25) is 0 Å². The van der Waals surface area contributed by atoms with E-state index in [0.29, 0.717) is 29.5 Å². The molecule has 1 fully saturated rings. The van der Waals surface area contributed by atoms with Crippen molar-refractivity contribution in [2.75, 3.05) is 19.6 Å². The Morgan fingerprint density at radius 3 is 2.48 bits per heavy atom. The van der Waals surface area contributed by atoms with Gasteiger partial charge in [-0.1, -0.05) is 48.9 Å². The van der Waals surface area contributed by atoms with Crippen LogP contribution in [-0.2, 0) is 13.0 Å². The number of likely N-dealkylation sites (tertiary alicyclic amines) is 1. The number of alkyl halides is 3. The zero-order valence-electron chi connectivity index (χ0n) is 23.6. The van der Waals surface area contributed by atoms with Gasteiger partial charge in [-0.3, -0.25) is 0 Å². The molecule has 0 bridgehead atoms. The average Bonchev–Trinajstić information content (AvgIpc) is 3.39. The van der Waals surface area contributed by atoms with E-state index >= 15 is 0 Å². The predicted molar refractivity (Wildman–Crippen MR) is 153 cm³/mol. The van der Waals surface area contributed by atoms with Crippen molar-refractivity contribution >= 4 is 5.97 Å². The Bertz CT molecular complexity index is 1540. The van der Waals surface area contributed by atoms with Crippen molar-refractivity contribution in [3.8, 4) is 22.8 Å². The van der Waals surface area contributed by atoms with Crippen LogP contribution in [0.25, 0.3) is 17.1 Å². The number of pyridine rings is 1. The third-order valence-electron chi connectivity index (χ3n) is 7.71. The number of aryl methyl sites for hydroxylation is 1. The largest absolute Gasteiger partial charge is 0.488 e. The first-order valence-electron chi connectivity index (χ1n) is 14.0. The van der Waals surface area contributed by atoms with E-state index in [0.717, 1.165) is 54.5 Å². The lowest BCUT2D eigenvalue weighted by molar-refractivity contribution is -0.128. The van der Waals surface area contributed by atoms with Crippen LogP contribution in [0.5, 0.6) is 5.75 Å². The number of hydrogen-bond acceptors (Lipinski definition) is 5. The van der Waals surface area contributed by atoms with E-state index in [4.69, 9.17) is 4.74 Å². The number of carboxylic acids is 1. The second-order valence-corrected chi connectivity index (χ2v) is 10.6. The molecule has 1 N–H and O–H groups in total. The topological polar surface area (TPSA) is 80.5 Å². The SMILES string of the molecule is CCN1CCC(c2ccc(COc3ccc(C)cc3-c3cccc(-n4ncc(C(=O)O)c4CC(F)(F)F)n3)cc2)CC1. The molecule has 0 radical (unpaired) electrons. The van der Waals surface area contributed by atoms with Crippen LogP contribution in [0, 0.1) is 6.92 Å². The second kappa shape index (κ2) is 12.4. The zero-order chi connectivity index (χ0) is 29.9. The van der Waals surface area contributed by atoms with Crippen molar-refractivity contribution in [2.45, 2.75) is 51.8 Å². The highest BCUT2D eigenvalue weighted by Gasteiger charge is 2.33. The lowest BCUT2D eigenvalue weighted by Gasteiger charge is -2.31. The van der Waals surface area contributed by atoms with E-state index in [1.165, 1.54) is 11.6 Å². The number of benzene rings is 2. The number of rotatable bonds is 9. The minimum atomic E-state index is -4.62. The van der Waals surface area contributed by atoms with Gasteiger partial charge in [0.05, 0.1) is 24.0 Å². The summed E-state index contributed by atoms with van der Waals surface area (Å²) in [5, 5.41) is 13.3. The van der Waals surface area contributed by atoms with Gasteiger partial charge in [-0.05, 0) is 80.7 Å². The maximum Gasteiger partial charge on any atom is 0.394 e. The van der Waals surface area contributed by atoms with Crippen LogP contribution in [0.15, 0.2) is 66.9 Å². The number of piperidine rings is 1. The van der Waals surface area contributed by atoms with E-state index in [9.17, 15) is 23.1 Å². The quantitative estimate of drug-likeness (QED) is 0.235. The van der Waals surface area contributed by atoms with Gasteiger partial charge >= 0.3 is 12.1 Å². The maximum atomic E-state index is 13.3. The molecule has 1 aliphatic heterocycles. The van der Waals surface area contributed by atoms with Crippen molar-refractivity contribution in [1.82, 2.24) is 19.7 Å². The molecule has 5 rings (SSSR count). The molecule has 3 heterocycles. The van der Waals surface area contributed by atoms with E-state index in [-0.39, 0.29) is 5.82 Å². The molecule has 7 nitrogen and oxygen atoms in total. The highest BCUT2D eigenvalue weighted by atomic mass is 19.4. The first-order valence-corrected chi connectivity index (χ1v) is 14.0. The Kier molecular flexibility index (Phi) is 8.63. The van der Waals surface area contributed by atoms with Crippen LogP contribution in [0.1, 0.15) is 58.4 Å².